The molecule has 0 amide bonds. The van der Waals surface area contributed by atoms with Gasteiger partial charge < -0.3 is 10.6 Å². The fraction of sp³-hybridized carbons (Fsp3) is 0.167. The van der Waals surface area contributed by atoms with Gasteiger partial charge in [-0.2, -0.15) is 0 Å². The van der Waals surface area contributed by atoms with Gasteiger partial charge in [0.05, 0.1) is 5.69 Å². The lowest BCUT2D eigenvalue weighted by Crippen LogP contribution is -2.27. The lowest BCUT2D eigenvalue weighted by molar-refractivity contribution is 0.956. The Labute approximate surface area is 83.3 Å². The Morgan fingerprint density at radius 2 is 2.21 bits per heavy atom. The largest absolute Gasteiger partial charge is 0.401 e. The highest BCUT2D eigenvalue weighted by molar-refractivity contribution is 5.77. The van der Waals surface area contributed by atoms with Crippen molar-refractivity contribution in [3.63, 3.8) is 0 Å². The Kier molecular flexibility index (Phi) is 1.45. The molecule has 2 aliphatic heterocycles. The van der Waals surface area contributed by atoms with Crippen molar-refractivity contribution in [2.24, 2.45) is 5.73 Å². The fourth-order valence-corrected chi connectivity index (χ4v) is 2.21. The van der Waals surface area contributed by atoms with Crippen LogP contribution in [-0.4, -0.2) is 6.54 Å². The average Bonchev–Trinajstić information content (AvgIpc) is 2.18. The van der Waals surface area contributed by atoms with Crippen LogP contribution < -0.4 is 10.6 Å². The van der Waals surface area contributed by atoms with E-state index < -0.39 is 0 Å². The maximum absolute atomic E-state index is 5.89. The number of rotatable bonds is 0. The number of hydrogen-bond donors (Lipinski definition) is 1. The van der Waals surface area contributed by atoms with E-state index in [4.69, 9.17) is 5.73 Å². The van der Waals surface area contributed by atoms with E-state index in [0.717, 1.165) is 18.7 Å². The third-order valence-electron chi connectivity index (χ3n) is 2.75. The molecular formula is C12H12N2. The van der Waals surface area contributed by atoms with Crippen molar-refractivity contribution in [1.29, 1.82) is 0 Å². The standard InChI is InChI=1S/C12H12N2/c13-11-7-10-4-1-3-9-5-2-6-14(8-11)12(9)10/h1-5,8H,6-7,13H2. The van der Waals surface area contributed by atoms with E-state index in [1.165, 1.54) is 16.8 Å². The molecule has 0 saturated carbocycles. The van der Waals surface area contributed by atoms with Crippen molar-refractivity contribution in [1.82, 2.24) is 0 Å². The maximum atomic E-state index is 5.89. The number of hydrogen-bond acceptors (Lipinski definition) is 2. The van der Waals surface area contributed by atoms with E-state index in [-0.39, 0.29) is 0 Å². The summed E-state index contributed by atoms with van der Waals surface area (Å²) in [5, 5.41) is 0. The Morgan fingerprint density at radius 3 is 3.14 bits per heavy atom. The van der Waals surface area contributed by atoms with Gasteiger partial charge in [0.15, 0.2) is 0 Å². The van der Waals surface area contributed by atoms with Gasteiger partial charge in [0, 0.05) is 24.9 Å². The first kappa shape index (κ1) is 7.68. The normalized spacial score (nSPS) is 17.7. The maximum Gasteiger partial charge on any atom is 0.0519 e. The Hall–Kier alpha value is -1.70. The van der Waals surface area contributed by atoms with Gasteiger partial charge in [-0.1, -0.05) is 30.4 Å². The lowest BCUT2D eigenvalue weighted by atomic mass is 9.97. The molecule has 0 radical (unpaired) electrons. The minimum atomic E-state index is 0.882. The van der Waals surface area contributed by atoms with Crippen LogP contribution in [0, 0.1) is 0 Å². The highest BCUT2D eigenvalue weighted by Gasteiger charge is 2.19. The van der Waals surface area contributed by atoms with E-state index in [2.05, 4.69) is 41.5 Å². The Balaban J connectivity index is 2.25. The number of anilines is 1. The first-order chi connectivity index (χ1) is 6.84. The van der Waals surface area contributed by atoms with Crippen molar-refractivity contribution in [3.8, 4) is 0 Å². The summed E-state index contributed by atoms with van der Waals surface area (Å²) in [4.78, 5) is 2.23. The molecular weight excluding hydrogens is 172 g/mol. The number of nitrogens with two attached hydrogens (primary N) is 1. The second-order valence-electron chi connectivity index (χ2n) is 3.79. The van der Waals surface area contributed by atoms with Crippen molar-refractivity contribution in [2.75, 3.05) is 11.4 Å². The lowest BCUT2D eigenvalue weighted by Gasteiger charge is -2.31. The van der Waals surface area contributed by atoms with Gasteiger partial charge in [0.25, 0.3) is 0 Å². The minimum absolute atomic E-state index is 0.882. The van der Waals surface area contributed by atoms with Crippen LogP contribution in [0.25, 0.3) is 6.08 Å². The molecule has 0 unspecified atom stereocenters. The second-order valence-corrected chi connectivity index (χ2v) is 3.79. The molecule has 0 aromatic heterocycles. The molecule has 2 N–H and O–H groups in total. The first-order valence-corrected chi connectivity index (χ1v) is 4.86. The molecule has 2 nitrogen and oxygen atoms in total. The van der Waals surface area contributed by atoms with Crippen LogP contribution in [0.4, 0.5) is 5.69 Å². The zero-order valence-corrected chi connectivity index (χ0v) is 7.90. The van der Waals surface area contributed by atoms with Crippen LogP contribution in [0.3, 0.4) is 0 Å². The Bertz CT molecular complexity index is 444. The van der Waals surface area contributed by atoms with Gasteiger partial charge in [0.2, 0.25) is 0 Å². The average molecular weight is 184 g/mol. The molecule has 0 fully saturated rings. The van der Waals surface area contributed by atoms with E-state index in [9.17, 15) is 0 Å². The number of benzene rings is 1. The quantitative estimate of drug-likeness (QED) is 0.667. The molecule has 0 spiro atoms. The molecule has 2 heterocycles. The van der Waals surface area contributed by atoms with Gasteiger partial charge in [-0.3, -0.25) is 0 Å². The number of nitrogens with zero attached hydrogens (tertiary/aromatic N) is 1. The molecule has 0 aliphatic carbocycles. The van der Waals surface area contributed by atoms with Gasteiger partial charge in [-0.25, -0.2) is 0 Å². The predicted molar refractivity (Wildman–Crippen MR) is 58.8 cm³/mol. The molecule has 70 valence electrons. The highest BCUT2D eigenvalue weighted by Crippen LogP contribution is 2.34. The van der Waals surface area contributed by atoms with Gasteiger partial charge in [-0.05, 0) is 11.1 Å². The smallest absolute Gasteiger partial charge is 0.0519 e. The van der Waals surface area contributed by atoms with Crippen molar-refractivity contribution in [2.45, 2.75) is 6.42 Å². The van der Waals surface area contributed by atoms with Crippen LogP contribution in [0.1, 0.15) is 11.1 Å². The van der Waals surface area contributed by atoms with Crippen molar-refractivity contribution in [3.05, 3.63) is 47.3 Å². The molecule has 2 aliphatic rings. The summed E-state index contributed by atoms with van der Waals surface area (Å²) < 4.78 is 0. The summed E-state index contributed by atoms with van der Waals surface area (Å²) in [6.07, 6.45) is 7.29. The van der Waals surface area contributed by atoms with Crippen molar-refractivity contribution < 1.29 is 0 Å². The van der Waals surface area contributed by atoms with E-state index >= 15 is 0 Å². The summed E-state index contributed by atoms with van der Waals surface area (Å²) in [6.45, 7) is 0.935. The van der Waals surface area contributed by atoms with Gasteiger partial charge >= 0.3 is 0 Å². The van der Waals surface area contributed by atoms with Crippen LogP contribution in [0.2, 0.25) is 0 Å². The molecule has 1 aromatic carbocycles. The second kappa shape index (κ2) is 2.64. The van der Waals surface area contributed by atoms with Crippen LogP contribution in [0.15, 0.2) is 36.2 Å². The fourth-order valence-electron chi connectivity index (χ4n) is 2.21. The summed E-state index contributed by atoms with van der Waals surface area (Å²) in [6, 6.07) is 6.41. The molecule has 2 heteroatoms. The molecule has 3 rings (SSSR count). The first-order valence-electron chi connectivity index (χ1n) is 4.86. The molecule has 0 atom stereocenters. The van der Waals surface area contributed by atoms with Crippen LogP contribution >= 0.6 is 0 Å². The third-order valence-corrected chi connectivity index (χ3v) is 2.75. The number of allylic oxidation sites excluding steroid dienone is 1. The molecule has 0 bridgehead atoms. The highest BCUT2D eigenvalue weighted by atomic mass is 15.1. The van der Waals surface area contributed by atoms with Crippen LogP contribution in [0.5, 0.6) is 0 Å². The SMILES string of the molecule is NC1=CN2CC=Cc3cccc(c32)C1. The van der Waals surface area contributed by atoms with Gasteiger partial charge in [0.1, 0.15) is 0 Å². The molecule has 1 aromatic rings. The van der Waals surface area contributed by atoms with Crippen molar-refractivity contribution >= 4 is 11.8 Å². The molecule has 14 heavy (non-hydrogen) atoms. The summed E-state index contributed by atoms with van der Waals surface area (Å²) in [7, 11) is 0. The van der Waals surface area contributed by atoms with E-state index in [0.29, 0.717) is 0 Å². The zero-order chi connectivity index (χ0) is 9.54. The predicted octanol–water partition coefficient (Wildman–Crippen LogP) is 1.88. The van der Waals surface area contributed by atoms with Crippen LogP contribution in [-0.2, 0) is 6.42 Å². The van der Waals surface area contributed by atoms with E-state index in [1.807, 2.05) is 0 Å². The number of para-hydroxylation sites is 1. The van der Waals surface area contributed by atoms with Gasteiger partial charge in [-0.15, -0.1) is 0 Å². The molecule has 0 saturated heterocycles. The van der Waals surface area contributed by atoms with E-state index in [1.54, 1.807) is 0 Å². The Morgan fingerprint density at radius 1 is 1.29 bits per heavy atom. The summed E-state index contributed by atoms with van der Waals surface area (Å²) in [5.74, 6) is 0. The topological polar surface area (TPSA) is 29.3 Å². The third kappa shape index (κ3) is 0.970. The monoisotopic (exact) mass is 184 g/mol. The zero-order valence-electron chi connectivity index (χ0n) is 7.90. The summed E-state index contributed by atoms with van der Waals surface area (Å²) >= 11 is 0. The minimum Gasteiger partial charge on any atom is -0.401 e. The summed E-state index contributed by atoms with van der Waals surface area (Å²) in [5.41, 5.74) is 10.8.